The molecule has 0 aromatic rings. The quantitative estimate of drug-likeness (QED) is 0.485. The van der Waals surface area contributed by atoms with E-state index < -0.39 is 5.41 Å². The molecular formula is C11H18O2. The summed E-state index contributed by atoms with van der Waals surface area (Å²) in [4.78, 5) is 11.6. The first-order valence-electron chi connectivity index (χ1n) is 4.96. The van der Waals surface area contributed by atoms with Gasteiger partial charge in [-0.25, -0.2) is 0 Å². The molecule has 1 rings (SSSR count). The van der Waals surface area contributed by atoms with Crippen LogP contribution in [0.25, 0.3) is 0 Å². The molecule has 0 amide bonds. The van der Waals surface area contributed by atoms with Crippen molar-refractivity contribution < 1.29 is 9.53 Å². The predicted molar refractivity (Wildman–Crippen MR) is 52.3 cm³/mol. The van der Waals surface area contributed by atoms with Gasteiger partial charge in [-0.15, -0.1) is 0 Å². The van der Waals surface area contributed by atoms with Gasteiger partial charge in [0.2, 0.25) is 0 Å². The van der Waals surface area contributed by atoms with Crippen LogP contribution in [0.3, 0.4) is 0 Å². The van der Waals surface area contributed by atoms with Crippen LogP contribution < -0.4 is 0 Å². The van der Waals surface area contributed by atoms with E-state index in [0.717, 1.165) is 31.3 Å². The van der Waals surface area contributed by atoms with Gasteiger partial charge in [0.15, 0.2) is 0 Å². The zero-order valence-electron chi connectivity index (χ0n) is 8.56. The minimum Gasteiger partial charge on any atom is -0.465 e. The van der Waals surface area contributed by atoms with Crippen LogP contribution in [0.1, 0.15) is 39.5 Å². The molecule has 13 heavy (non-hydrogen) atoms. The molecule has 1 fully saturated rings. The lowest BCUT2D eigenvalue weighted by Crippen LogP contribution is -2.33. The maximum atomic E-state index is 11.6. The standard InChI is InChI=1S/C11H18O2/c1-4-13-10(12)11(3)8-6-5-7-9(11)2/h2,4-8H2,1,3H3. The summed E-state index contributed by atoms with van der Waals surface area (Å²) in [6.45, 7) is 8.22. The van der Waals surface area contributed by atoms with Crippen molar-refractivity contribution in [1.82, 2.24) is 0 Å². The minimum atomic E-state index is -0.408. The fourth-order valence-corrected chi connectivity index (χ4v) is 1.81. The average molecular weight is 182 g/mol. The predicted octanol–water partition coefficient (Wildman–Crippen LogP) is 2.69. The molecule has 1 saturated carbocycles. The zero-order chi connectivity index (χ0) is 9.90. The average Bonchev–Trinajstić information content (AvgIpc) is 2.11. The number of esters is 1. The highest BCUT2D eigenvalue weighted by atomic mass is 16.5. The fourth-order valence-electron chi connectivity index (χ4n) is 1.81. The maximum Gasteiger partial charge on any atom is 0.315 e. The summed E-state index contributed by atoms with van der Waals surface area (Å²) >= 11 is 0. The van der Waals surface area contributed by atoms with Crippen molar-refractivity contribution in [2.24, 2.45) is 5.41 Å². The molecule has 1 aliphatic rings. The van der Waals surface area contributed by atoms with Gasteiger partial charge in [0.05, 0.1) is 12.0 Å². The summed E-state index contributed by atoms with van der Waals surface area (Å²) in [5.74, 6) is -0.0975. The van der Waals surface area contributed by atoms with Crippen LogP contribution >= 0.6 is 0 Å². The first-order valence-corrected chi connectivity index (χ1v) is 4.96. The zero-order valence-corrected chi connectivity index (χ0v) is 8.56. The molecule has 1 aliphatic carbocycles. The molecule has 0 aromatic carbocycles. The third-order valence-corrected chi connectivity index (χ3v) is 2.91. The summed E-state index contributed by atoms with van der Waals surface area (Å²) in [6.07, 6.45) is 4.13. The van der Waals surface area contributed by atoms with Gasteiger partial charge < -0.3 is 4.74 Å². The van der Waals surface area contributed by atoms with E-state index >= 15 is 0 Å². The summed E-state index contributed by atoms with van der Waals surface area (Å²) in [7, 11) is 0. The lowest BCUT2D eigenvalue weighted by atomic mass is 9.72. The van der Waals surface area contributed by atoms with E-state index in [2.05, 4.69) is 6.58 Å². The Morgan fingerprint density at radius 3 is 2.85 bits per heavy atom. The van der Waals surface area contributed by atoms with Gasteiger partial charge in [-0.2, -0.15) is 0 Å². The van der Waals surface area contributed by atoms with E-state index in [1.54, 1.807) is 0 Å². The highest BCUT2D eigenvalue weighted by Gasteiger charge is 2.38. The van der Waals surface area contributed by atoms with Crippen LogP contribution in [0.15, 0.2) is 12.2 Å². The van der Waals surface area contributed by atoms with Gasteiger partial charge >= 0.3 is 5.97 Å². The largest absolute Gasteiger partial charge is 0.465 e. The van der Waals surface area contributed by atoms with Crippen molar-refractivity contribution in [3.63, 3.8) is 0 Å². The molecule has 74 valence electrons. The number of hydrogen-bond donors (Lipinski definition) is 0. The summed E-state index contributed by atoms with van der Waals surface area (Å²) in [5, 5.41) is 0. The normalized spacial score (nSPS) is 28.6. The Labute approximate surface area is 80.0 Å². The summed E-state index contributed by atoms with van der Waals surface area (Å²) < 4.78 is 5.06. The summed E-state index contributed by atoms with van der Waals surface area (Å²) in [6, 6.07) is 0. The van der Waals surface area contributed by atoms with Crippen LogP contribution in [0.5, 0.6) is 0 Å². The van der Waals surface area contributed by atoms with E-state index in [-0.39, 0.29) is 5.97 Å². The summed E-state index contributed by atoms with van der Waals surface area (Å²) in [5.41, 5.74) is 0.631. The molecule has 0 saturated heterocycles. The Balaban J connectivity index is 2.71. The second-order valence-electron chi connectivity index (χ2n) is 3.86. The van der Waals surface area contributed by atoms with Crippen molar-refractivity contribution in [2.75, 3.05) is 6.61 Å². The first-order chi connectivity index (χ1) is 6.11. The van der Waals surface area contributed by atoms with E-state index in [0.29, 0.717) is 6.61 Å². The molecular weight excluding hydrogens is 164 g/mol. The van der Waals surface area contributed by atoms with E-state index in [9.17, 15) is 4.79 Å². The highest BCUT2D eigenvalue weighted by Crippen LogP contribution is 2.40. The Kier molecular flexibility index (Phi) is 3.12. The molecule has 0 radical (unpaired) electrons. The lowest BCUT2D eigenvalue weighted by Gasteiger charge is -2.33. The Morgan fingerprint density at radius 1 is 1.62 bits per heavy atom. The van der Waals surface area contributed by atoms with Gasteiger partial charge in [0.25, 0.3) is 0 Å². The first kappa shape index (κ1) is 10.3. The molecule has 0 spiro atoms. The Hall–Kier alpha value is -0.790. The van der Waals surface area contributed by atoms with E-state index in [1.165, 1.54) is 0 Å². The van der Waals surface area contributed by atoms with Crippen LogP contribution in [0, 0.1) is 5.41 Å². The SMILES string of the molecule is C=C1CCCCC1(C)C(=O)OCC. The third kappa shape index (κ3) is 1.93. The van der Waals surface area contributed by atoms with Gasteiger partial charge in [-0.1, -0.05) is 18.6 Å². The van der Waals surface area contributed by atoms with E-state index in [1.807, 2.05) is 13.8 Å². The smallest absolute Gasteiger partial charge is 0.315 e. The van der Waals surface area contributed by atoms with Crippen LogP contribution in [-0.4, -0.2) is 12.6 Å². The molecule has 0 aliphatic heterocycles. The van der Waals surface area contributed by atoms with E-state index in [4.69, 9.17) is 4.74 Å². The van der Waals surface area contributed by atoms with Crippen LogP contribution in [0.4, 0.5) is 0 Å². The topological polar surface area (TPSA) is 26.3 Å². The molecule has 2 nitrogen and oxygen atoms in total. The molecule has 0 N–H and O–H groups in total. The third-order valence-electron chi connectivity index (χ3n) is 2.91. The Morgan fingerprint density at radius 2 is 2.31 bits per heavy atom. The van der Waals surface area contributed by atoms with Gasteiger partial charge in [-0.3, -0.25) is 4.79 Å². The number of hydrogen-bond acceptors (Lipinski definition) is 2. The van der Waals surface area contributed by atoms with Crippen molar-refractivity contribution in [2.45, 2.75) is 39.5 Å². The van der Waals surface area contributed by atoms with Crippen molar-refractivity contribution >= 4 is 5.97 Å². The molecule has 0 aromatic heterocycles. The fraction of sp³-hybridized carbons (Fsp3) is 0.727. The molecule has 0 heterocycles. The van der Waals surface area contributed by atoms with Gasteiger partial charge in [-0.05, 0) is 33.1 Å². The minimum absolute atomic E-state index is 0.0975. The number of rotatable bonds is 2. The van der Waals surface area contributed by atoms with Crippen molar-refractivity contribution in [3.05, 3.63) is 12.2 Å². The molecule has 1 atom stereocenters. The maximum absolute atomic E-state index is 11.6. The van der Waals surface area contributed by atoms with Crippen LogP contribution in [-0.2, 0) is 9.53 Å². The monoisotopic (exact) mass is 182 g/mol. The number of carbonyl (C=O) groups excluding carboxylic acids is 1. The van der Waals surface area contributed by atoms with Crippen LogP contribution in [0.2, 0.25) is 0 Å². The number of carbonyl (C=O) groups is 1. The lowest BCUT2D eigenvalue weighted by molar-refractivity contribution is -0.153. The second kappa shape index (κ2) is 3.95. The molecule has 2 heteroatoms. The Bertz CT molecular complexity index is 220. The number of ether oxygens (including phenoxy) is 1. The van der Waals surface area contributed by atoms with Crippen molar-refractivity contribution in [1.29, 1.82) is 0 Å². The van der Waals surface area contributed by atoms with Crippen molar-refractivity contribution in [3.8, 4) is 0 Å². The highest BCUT2D eigenvalue weighted by molar-refractivity contribution is 5.80. The molecule has 1 unspecified atom stereocenters. The van der Waals surface area contributed by atoms with Gasteiger partial charge in [0.1, 0.15) is 0 Å². The second-order valence-corrected chi connectivity index (χ2v) is 3.86. The van der Waals surface area contributed by atoms with Gasteiger partial charge in [0, 0.05) is 0 Å². The molecule has 0 bridgehead atoms.